The molecule has 2 heterocycles. The number of nitrogens with zero attached hydrogens (tertiary/aromatic N) is 1. The third-order valence-electron chi connectivity index (χ3n) is 10.5. The zero-order valence-electron chi connectivity index (χ0n) is 27.9. The smallest absolute Gasteiger partial charge is 0.0468 e. The zero-order valence-corrected chi connectivity index (χ0v) is 29.5. The Morgan fingerprint density at radius 3 is 1.70 bits per heavy atom. The Kier molecular flexibility index (Phi) is 6.64. The molecule has 0 bridgehead atoms. The molecule has 50 heavy (non-hydrogen) atoms. The van der Waals surface area contributed by atoms with Gasteiger partial charge in [0.2, 0.25) is 0 Å². The van der Waals surface area contributed by atoms with Crippen molar-refractivity contribution in [3.05, 3.63) is 174 Å². The molecular weight excluding hydrogens is 643 g/mol. The summed E-state index contributed by atoms with van der Waals surface area (Å²) in [5.74, 6) is 0. The van der Waals surface area contributed by atoms with Crippen LogP contribution in [0.4, 0.5) is 17.1 Å². The Morgan fingerprint density at radius 2 is 0.980 bits per heavy atom. The third-order valence-corrected chi connectivity index (χ3v) is 12.7. The summed E-state index contributed by atoms with van der Waals surface area (Å²) in [6, 6.07) is 58.2. The number of anilines is 3. The van der Waals surface area contributed by atoms with E-state index in [-0.39, 0.29) is 5.41 Å². The number of para-hydroxylation sites is 2. The van der Waals surface area contributed by atoms with Gasteiger partial charge in [0.1, 0.15) is 0 Å². The first-order chi connectivity index (χ1) is 24.5. The van der Waals surface area contributed by atoms with Gasteiger partial charge in [-0.1, -0.05) is 98.8 Å². The van der Waals surface area contributed by atoms with Crippen molar-refractivity contribution in [3.8, 4) is 33.4 Å². The molecule has 238 valence electrons. The van der Waals surface area contributed by atoms with Gasteiger partial charge in [0.05, 0.1) is 0 Å². The second-order valence-corrected chi connectivity index (χ2v) is 15.8. The van der Waals surface area contributed by atoms with Gasteiger partial charge in [0.25, 0.3) is 0 Å². The number of fused-ring (bicyclic) bond motifs is 7. The number of hydrogen-bond donors (Lipinski definition) is 0. The van der Waals surface area contributed by atoms with Gasteiger partial charge in [-0.2, -0.15) is 0 Å². The van der Waals surface area contributed by atoms with Crippen LogP contribution in [0.3, 0.4) is 0 Å². The fraction of sp³-hybridized carbons (Fsp3) is 0.0638. The average molecular weight is 676 g/mol. The largest absolute Gasteiger partial charge is 0.310 e. The zero-order chi connectivity index (χ0) is 33.4. The summed E-state index contributed by atoms with van der Waals surface area (Å²) in [5, 5.41) is 6.25. The van der Waals surface area contributed by atoms with E-state index in [4.69, 9.17) is 0 Å². The monoisotopic (exact) mass is 675 g/mol. The molecule has 1 aliphatic rings. The summed E-state index contributed by atoms with van der Waals surface area (Å²) in [7, 11) is 0. The summed E-state index contributed by atoms with van der Waals surface area (Å²) in [4.78, 5) is 2.35. The van der Waals surface area contributed by atoms with Crippen molar-refractivity contribution in [1.29, 1.82) is 0 Å². The highest BCUT2D eigenvalue weighted by atomic mass is 32.1. The van der Waals surface area contributed by atoms with Crippen LogP contribution >= 0.6 is 22.7 Å². The van der Waals surface area contributed by atoms with E-state index in [9.17, 15) is 0 Å². The first-order valence-electron chi connectivity index (χ1n) is 17.2. The highest BCUT2D eigenvalue weighted by molar-refractivity contribution is 7.25. The van der Waals surface area contributed by atoms with Crippen LogP contribution in [0.25, 0.3) is 63.6 Å². The molecule has 0 saturated heterocycles. The van der Waals surface area contributed by atoms with E-state index in [1.807, 2.05) is 22.7 Å². The molecule has 0 atom stereocenters. The fourth-order valence-electron chi connectivity index (χ4n) is 7.97. The number of rotatable bonds is 5. The number of benzene rings is 7. The van der Waals surface area contributed by atoms with Crippen molar-refractivity contribution in [2.75, 3.05) is 4.90 Å². The molecule has 0 aliphatic heterocycles. The Hall–Kier alpha value is -5.48. The summed E-state index contributed by atoms with van der Waals surface area (Å²) in [6.45, 7) is 4.78. The lowest BCUT2D eigenvalue weighted by atomic mass is 9.81. The SMILES string of the molecule is CC1(C)c2cc(-c3ccc4sc5ccc(N(c6ccccc6)c6ccccc6)cc5c4c3)ccc2-c2ccc(-c3csc4ccccc34)cc21. The Bertz CT molecular complexity index is 2690. The van der Waals surface area contributed by atoms with Gasteiger partial charge in [0, 0.05) is 58.3 Å². The molecule has 0 saturated carbocycles. The van der Waals surface area contributed by atoms with E-state index in [2.05, 4.69) is 182 Å². The molecule has 1 nitrogen and oxygen atoms in total. The topological polar surface area (TPSA) is 3.24 Å². The van der Waals surface area contributed by atoms with Crippen LogP contribution in [0, 0.1) is 0 Å². The molecule has 0 N–H and O–H groups in total. The summed E-state index contributed by atoms with van der Waals surface area (Å²) < 4.78 is 3.96. The second kappa shape index (κ2) is 11.3. The van der Waals surface area contributed by atoms with Crippen LogP contribution in [0.15, 0.2) is 163 Å². The van der Waals surface area contributed by atoms with E-state index in [1.165, 1.54) is 74.8 Å². The maximum atomic E-state index is 2.45. The van der Waals surface area contributed by atoms with E-state index in [0.29, 0.717) is 0 Å². The predicted octanol–water partition coefficient (Wildman–Crippen LogP) is 14.4. The molecule has 0 radical (unpaired) electrons. The molecule has 3 heteroatoms. The molecule has 0 spiro atoms. The number of hydrogen-bond acceptors (Lipinski definition) is 3. The molecule has 7 aromatic carbocycles. The summed E-state index contributed by atoms with van der Waals surface area (Å²) in [6.07, 6.45) is 0. The lowest BCUT2D eigenvalue weighted by molar-refractivity contribution is 0.661. The van der Waals surface area contributed by atoms with Gasteiger partial charge in [-0.3, -0.25) is 0 Å². The summed E-state index contributed by atoms with van der Waals surface area (Å²) >= 11 is 3.70. The molecular formula is C47H33NS2. The van der Waals surface area contributed by atoms with Crippen LogP contribution in [0.2, 0.25) is 0 Å². The van der Waals surface area contributed by atoms with E-state index >= 15 is 0 Å². The van der Waals surface area contributed by atoms with Crippen molar-refractivity contribution in [3.63, 3.8) is 0 Å². The average Bonchev–Trinajstić information content (AvgIpc) is 3.82. The minimum absolute atomic E-state index is 0.102. The Morgan fingerprint density at radius 1 is 0.420 bits per heavy atom. The first kappa shape index (κ1) is 29.4. The van der Waals surface area contributed by atoms with Gasteiger partial charge in [-0.05, 0) is 117 Å². The van der Waals surface area contributed by atoms with Crippen LogP contribution in [0.5, 0.6) is 0 Å². The molecule has 9 aromatic rings. The predicted molar refractivity (Wildman–Crippen MR) is 218 cm³/mol. The minimum Gasteiger partial charge on any atom is -0.310 e. The molecule has 0 amide bonds. The molecule has 0 unspecified atom stereocenters. The van der Waals surface area contributed by atoms with Gasteiger partial charge in [0.15, 0.2) is 0 Å². The second-order valence-electron chi connectivity index (χ2n) is 13.8. The quantitative estimate of drug-likeness (QED) is 0.175. The van der Waals surface area contributed by atoms with Crippen LogP contribution in [-0.4, -0.2) is 0 Å². The van der Waals surface area contributed by atoms with Crippen molar-refractivity contribution in [2.45, 2.75) is 19.3 Å². The Balaban J connectivity index is 1.05. The van der Waals surface area contributed by atoms with Crippen LogP contribution < -0.4 is 4.90 Å². The van der Waals surface area contributed by atoms with Crippen molar-refractivity contribution in [1.82, 2.24) is 0 Å². The maximum Gasteiger partial charge on any atom is 0.0468 e. The lowest BCUT2D eigenvalue weighted by Gasteiger charge is -2.25. The van der Waals surface area contributed by atoms with Crippen LogP contribution in [0.1, 0.15) is 25.0 Å². The van der Waals surface area contributed by atoms with Gasteiger partial charge in [-0.25, -0.2) is 0 Å². The fourth-order valence-corrected chi connectivity index (χ4v) is 10.0. The molecule has 10 rings (SSSR count). The van der Waals surface area contributed by atoms with E-state index in [0.717, 1.165) is 17.1 Å². The maximum absolute atomic E-state index is 2.45. The molecule has 2 aromatic heterocycles. The van der Waals surface area contributed by atoms with Crippen LogP contribution in [-0.2, 0) is 5.41 Å². The Labute approximate surface area is 300 Å². The minimum atomic E-state index is -0.102. The number of thiophene rings is 2. The highest BCUT2D eigenvalue weighted by Crippen LogP contribution is 2.51. The van der Waals surface area contributed by atoms with Gasteiger partial charge in [-0.15, -0.1) is 22.7 Å². The third kappa shape index (κ3) is 4.58. The highest BCUT2D eigenvalue weighted by Gasteiger charge is 2.36. The van der Waals surface area contributed by atoms with E-state index < -0.39 is 0 Å². The van der Waals surface area contributed by atoms with Gasteiger partial charge < -0.3 is 4.90 Å². The van der Waals surface area contributed by atoms with Crippen molar-refractivity contribution in [2.24, 2.45) is 0 Å². The standard InChI is InChI=1S/C47H33NS2/c1-47(2)42-26-31(17-21-36(42)37-22-18-32(27-43(37)47)41-29-49-44-16-10-9-15-38(41)44)30-19-23-45-39(25-30)40-28-35(20-24-46(40)50-45)48(33-11-5-3-6-12-33)34-13-7-4-8-14-34/h3-29H,1-2H3. The first-order valence-corrected chi connectivity index (χ1v) is 18.9. The molecule has 1 aliphatic carbocycles. The normalized spacial score (nSPS) is 13.2. The van der Waals surface area contributed by atoms with E-state index in [1.54, 1.807) is 0 Å². The van der Waals surface area contributed by atoms with Crippen molar-refractivity contribution >= 4 is 70.0 Å². The summed E-state index contributed by atoms with van der Waals surface area (Å²) in [5.41, 5.74) is 14.0. The van der Waals surface area contributed by atoms with Gasteiger partial charge >= 0.3 is 0 Å². The molecule has 0 fully saturated rings. The van der Waals surface area contributed by atoms with Crippen molar-refractivity contribution < 1.29 is 0 Å². The lowest BCUT2D eigenvalue weighted by Crippen LogP contribution is -2.15.